The second kappa shape index (κ2) is 25.2. The number of carbonyl (C=O) groups is 6. The first kappa shape index (κ1) is 38.5. The lowest BCUT2D eigenvalue weighted by Crippen LogP contribution is -2.35. The van der Waals surface area contributed by atoms with Gasteiger partial charge in [0.15, 0.2) is 0 Å². The highest BCUT2D eigenvalue weighted by atomic mass is 32.2. The van der Waals surface area contributed by atoms with Crippen LogP contribution in [0.15, 0.2) is 0 Å². The molecule has 4 amide bonds. The number of ketones is 1. The van der Waals surface area contributed by atoms with E-state index in [1.54, 1.807) is 21.3 Å². The fourth-order valence-electron chi connectivity index (χ4n) is 3.46. The number of imide groups is 1. The molecule has 1 fully saturated rings. The second-order valence-corrected chi connectivity index (χ2v) is 10.3. The van der Waals surface area contributed by atoms with Crippen LogP contribution in [-0.2, 0) is 47.7 Å². The Kier molecular flexibility index (Phi) is 23.6. The Hall–Kier alpha value is -2.55. The van der Waals surface area contributed by atoms with E-state index in [4.69, 9.17) is 14.2 Å². The number of hydrogen-bond donors (Lipinski definition) is 2. The van der Waals surface area contributed by atoms with Gasteiger partial charge in [0.25, 0.3) is 0 Å². The number of esters is 1. The predicted octanol–water partition coefficient (Wildman–Crippen LogP) is 0.868. The maximum absolute atomic E-state index is 12.3. The van der Waals surface area contributed by atoms with Crippen molar-refractivity contribution in [2.45, 2.75) is 63.0 Å². The van der Waals surface area contributed by atoms with Crippen LogP contribution in [0.4, 0.5) is 0 Å². The van der Waals surface area contributed by atoms with Gasteiger partial charge in [0.1, 0.15) is 5.78 Å². The van der Waals surface area contributed by atoms with Gasteiger partial charge in [-0.25, -0.2) is 0 Å². The minimum Gasteiger partial charge on any atom is -0.469 e. The Morgan fingerprint density at radius 2 is 1.54 bits per heavy atom. The molecule has 0 spiro atoms. The third-order valence-electron chi connectivity index (χ3n) is 5.78. The average Bonchev–Trinajstić information content (AvgIpc) is 3.23. The number of thioether (sulfide) groups is 1. The zero-order valence-corrected chi connectivity index (χ0v) is 25.6. The largest absolute Gasteiger partial charge is 0.469 e. The van der Waals surface area contributed by atoms with Crippen LogP contribution in [0.3, 0.4) is 0 Å². The van der Waals surface area contributed by atoms with Crippen molar-refractivity contribution in [3.8, 4) is 0 Å². The molecule has 1 atom stereocenters. The monoisotopic (exact) mass is 605 g/mol. The lowest BCUT2D eigenvalue weighted by molar-refractivity contribution is -0.141. The SMILES string of the molecule is CNC(=O)CCSC1CC(=O)N(CCC(=O)NCCCC(=O)CCCOC)C1=O.COCCOCCCC(=O)OC. The molecule has 0 radical (unpaired) electrons. The molecule has 236 valence electrons. The van der Waals surface area contributed by atoms with Gasteiger partial charge in [0.05, 0.1) is 25.6 Å². The molecule has 1 unspecified atom stereocenters. The highest BCUT2D eigenvalue weighted by molar-refractivity contribution is 8.00. The normalized spacial score (nSPS) is 14.3. The van der Waals surface area contributed by atoms with E-state index in [0.29, 0.717) is 77.3 Å². The third kappa shape index (κ3) is 20.0. The first-order valence-corrected chi connectivity index (χ1v) is 14.8. The molecule has 2 N–H and O–H groups in total. The highest BCUT2D eigenvalue weighted by Gasteiger charge is 2.38. The summed E-state index contributed by atoms with van der Waals surface area (Å²) in [6, 6.07) is 0. The summed E-state index contributed by atoms with van der Waals surface area (Å²) in [6.45, 7) is 2.75. The molecule has 13 nitrogen and oxygen atoms in total. The molecule has 0 bridgehead atoms. The van der Waals surface area contributed by atoms with Crippen molar-refractivity contribution in [3.63, 3.8) is 0 Å². The number of Topliss-reactive ketones (excluding diaryl/α,β-unsaturated/α-hetero) is 1. The van der Waals surface area contributed by atoms with Gasteiger partial charge in [-0.2, -0.15) is 0 Å². The Morgan fingerprint density at radius 1 is 0.854 bits per heavy atom. The van der Waals surface area contributed by atoms with Crippen molar-refractivity contribution < 1.29 is 47.7 Å². The molecule has 14 heteroatoms. The number of ether oxygens (including phenoxy) is 4. The Morgan fingerprint density at radius 3 is 2.20 bits per heavy atom. The van der Waals surface area contributed by atoms with E-state index in [2.05, 4.69) is 15.4 Å². The molecule has 41 heavy (non-hydrogen) atoms. The van der Waals surface area contributed by atoms with Gasteiger partial charge in [-0.05, 0) is 19.3 Å². The number of carbonyl (C=O) groups excluding carboxylic acids is 6. The van der Waals surface area contributed by atoms with Crippen molar-refractivity contribution in [1.82, 2.24) is 15.5 Å². The van der Waals surface area contributed by atoms with E-state index in [1.165, 1.54) is 18.9 Å². The molecule has 0 saturated carbocycles. The number of nitrogens with one attached hydrogen (secondary N) is 2. The summed E-state index contributed by atoms with van der Waals surface area (Å²) in [7, 11) is 6.15. The van der Waals surface area contributed by atoms with Gasteiger partial charge in [0.2, 0.25) is 23.6 Å². The van der Waals surface area contributed by atoms with E-state index in [9.17, 15) is 28.8 Å². The zero-order valence-electron chi connectivity index (χ0n) is 24.8. The van der Waals surface area contributed by atoms with E-state index in [-0.39, 0.29) is 61.2 Å². The molecule has 1 heterocycles. The van der Waals surface area contributed by atoms with Crippen molar-refractivity contribution in [1.29, 1.82) is 0 Å². The van der Waals surface area contributed by atoms with Crippen LogP contribution in [0, 0.1) is 0 Å². The molecular formula is C27H47N3O10S. The first-order chi connectivity index (χ1) is 19.7. The minimum atomic E-state index is -0.487. The lowest BCUT2D eigenvalue weighted by atomic mass is 10.1. The maximum atomic E-state index is 12.3. The summed E-state index contributed by atoms with van der Waals surface area (Å²) in [4.78, 5) is 70.8. The van der Waals surface area contributed by atoms with Crippen LogP contribution >= 0.6 is 11.8 Å². The smallest absolute Gasteiger partial charge is 0.305 e. The maximum Gasteiger partial charge on any atom is 0.305 e. The number of likely N-dealkylation sites (tertiary alicyclic amines) is 1. The molecule has 1 aliphatic heterocycles. The van der Waals surface area contributed by atoms with Gasteiger partial charge >= 0.3 is 5.97 Å². The summed E-state index contributed by atoms with van der Waals surface area (Å²) in [5.41, 5.74) is 0. The zero-order chi connectivity index (χ0) is 30.9. The summed E-state index contributed by atoms with van der Waals surface area (Å²) in [6.07, 6.45) is 3.69. The van der Waals surface area contributed by atoms with Crippen LogP contribution in [0.5, 0.6) is 0 Å². The predicted molar refractivity (Wildman–Crippen MR) is 153 cm³/mol. The molecule has 0 aliphatic carbocycles. The van der Waals surface area contributed by atoms with E-state index in [0.717, 1.165) is 4.90 Å². The van der Waals surface area contributed by atoms with Crippen molar-refractivity contribution in [2.24, 2.45) is 0 Å². The fraction of sp³-hybridized carbons (Fsp3) is 0.778. The quantitative estimate of drug-likeness (QED) is 0.102. The summed E-state index contributed by atoms with van der Waals surface area (Å²) < 4.78 is 19.3. The highest BCUT2D eigenvalue weighted by Crippen LogP contribution is 2.25. The molecule has 0 aromatic heterocycles. The van der Waals surface area contributed by atoms with Crippen molar-refractivity contribution in [3.05, 3.63) is 0 Å². The van der Waals surface area contributed by atoms with Gasteiger partial charge in [-0.1, -0.05) is 0 Å². The molecule has 0 aromatic rings. The third-order valence-corrected chi connectivity index (χ3v) is 6.99. The molecule has 1 saturated heterocycles. The molecule has 0 aromatic carbocycles. The number of methoxy groups -OCH3 is 3. The van der Waals surface area contributed by atoms with Crippen LogP contribution < -0.4 is 10.6 Å². The minimum absolute atomic E-state index is 0.0366. The lowest BCUT2D eigenvalue weighted by Gasteiger charge is -2.14. The van der Waals surface area contributed by atoms with Gasteiger partial charge in [-0.3, -0.25) is 33.7 Å². The van der Waals surface area contributed by atoms with Crippen molar-refractivity contribution >= 4 is 47.1 Å². The first-order valence-electron chi connectivity index (χ1n) is 13.8. The van der Waals surface area contributed by atoms with Gasteiger partial charge in [0, 0.05) is 91.8 Å². The van der Waals surface area contributed by atoms with E-state index in [1.807, 2.05) is 0 Å². The second-order valence-electron chi connectivity index (χ2n) is 8.99. The van der Waals surface area contributed by atoms with Crippen LogP contribution in [0.25, 0.3) is 0 Å². The summed E-state index contributed by atoms with van der Waals surface area (Å²) in [5.74, 6) is -0.544. The Labute approximate surface area is 247 Å². The standard InChI is InChI=1S/C19H31N3O6S.C8H16O4/c1-20-16(24)8-12-29-15-13-18(26)22(19(15)27)10-7-17(25)21-9-3-5-14(23)6-4-11-28-2;1-10-6-7-12-5-3-4-8(9)11-2/h15H,3-13H2,1-2H3,(H,20,24)(H,21,25);3-7H2,1-2H3. The summed E-state index contributed by atoms with van der Waals surface area (Å²) in [5, 5.41) is 4.73. The topological polar surface area (TPSA) is 167 Å². The van der Waals surface area contributed by atoms with Crippen molar-refractivity contribution in [2.75, 3.05) is 73.6 Å². The van der Waals surface area contributed by atoms with Gasteiger partial charge in [-0.15, -0.1) is 11.8 Å². The van der Waals surface area contributed by atoms with Crippen LogP contribution in [-0.4, -0.2) is 119 Å². The number of amides is 4. The Balaban J connectivity index is 0.00000112. The average molecular weight is 606 g/mol. The molecular weight excluding hydrogens is 558 g/mol. The number of rotatable bonds is 22. The van der Waals surface area contributed by atoms with Gasteiger partial charge < -0.3 is 29.6 Å². The molecule has 1 aliphatic rings. The number of hydrogen-bond acceptors (Lipinski definition) is 11. The van der Waals surface area contributed by atoms with E-state index >= 15 is 0 Å². The fourth-order valence-corrected chi connectivity index (χ4v) is 4.57. The van der Waals surface area contributed by atoms with Crippen LogP contribution in [0.2, 0.25) is 0 Å². The van der Waals surface area contributed by atoms with Crippen LogP contribution in [0.1, 0.15) is 57.8 Å². The Bertz CT molecular complexity index is 812. The van der Waals surface area contributed by atoms with E-state index < -0.39 is 5.25 Å². The summed E-state index contributed by atoms with van der Waals surface area (Å²) >= 11 is 1.29. The molecule has 1 rings (SSSR count). The number of nitrogens with zero attached hydrogens (tertiary/aromatic N) is 1.